The molecule has 3 aromatic rings. The number of halogens is 1. The maximum absolute atomic E-state index is 11.4. The van der Waals surface area contributed by atoms with Gasteiger partial charge in [0.05, 0.1) is 16.7 Å². The predicted octanol–water partition coefficient (Wildman–Crippen LogP) is 4.78. The lowest BCUT2D eigenvalue weighted by Gasteiger charge is -2.22. The third-order valence-corrected chi connectivity index (χ3v) is 6.87. The summed E-state index contributed by atoms with van der Waals surface area (Å²) in [5.74, 6) is 0.587. The van der Waals surface area contributed by atoms with Gasteiger partial charge in [0.1, 0.15) is 17.1 Å². The molecule has 3 rings (SSSR count). The van der Waals surface area contributed by atoms with Gasteiger partial charge in [-0.15, -0.1) is 11.3 Å². The molecule has 0 saturated heterocycles. The molecular formula is C21H23BrN4O3S2. The second-order valence-corrected chi connectivity index (χ2v) is 10.8. The number of hydrogen-bond donors (Lipinski definition) is 1. The number of carboxylic acid groups (broad SMARTS) is 1. The van der Waals surface area contributed by atoms with Gasteiger partial charge in [0.2, 0.25) is 5.95 Å². The number of hydrogen-bond acceptors (Lipinski definition) is 8. The number of carboxylic acids is 1. The molecule has 0 atom stereocenters. The van der Waals surface area contributed by atoms with Crippen LogP contribution in [0.3, 0.4) is 0 Å². The van der Waals surface area contributed by atoms with Crippen molar-refractivity contribution in [1.29, 1.82) is 0 Å². The molecule has 0 radical (unpaired) electrons. The highest BCUT2D eigenvalue weighted by Crippen LogP contribution is 2.34. The summed E-state index contributed by atoms with van der Waals surface area (Å²) in [6, 6.07) is 9.68. The van der Waals surface area contributed by atoms with Crippen molar-refractivity contribution in [2.75, 3.05) is 24.6 Å². The average Bonchev–Trinajstić information content (AvgIpc) is 3.18. The van der Waals surface area contributed by atoms with Crippen LogP contribution in [0.2, 0.25) is 0 Å². The molecule has 0 aliphatic rings. The summed E-state index contributed by atoms with van der Waals surface area (Å²) in [6.45, 7) is 5.14. The van der Waals surface area contributed by atoms with Gasteiger partial charge in [-0.25, -0.2) is 15.0 Å². The number of ether oxygens (including phenoxy) is 1. The van der Waals surface area contributed by atoms with Crippen LogP contribution in [0.1, 0.15) is 19.5 Å². The number of thioether (sulfide) groups is 1. The van der Waals surface area contributed by atoms with Gasteiger partial charge >= 0.3 is 5.97 Å². The number of aliphatic carboxylic acids is 1. The van der Waals surface area contributed by atoms with Gasteiger partial charge < -0.3 is 14.7 Å². The summed E-state index contributed by atoms with van der Waals surface area (Å²) >= 11 is 6.10. The Balaban J connectivity index is 1.62. The fourth-order valence-electron chi connectivity index (χ4n) is 2.53. The van der Waals surface area contributed by atoms with E-state index in [2.05, 4.69) is 35.8 Å². The highest BCUT2D eigenvalue weighted by Gasteiger charge is 2.29. The molecule has 0 fully saturated rings. The van der Waals surface area contributed by atoms with Crippen molar-refractivity contribution >= 4 is 50.9 Å². The Labute approximate surface area is 198 Å². The van der Waals surface area contributed by atoms with Crippen LogP contribution in [0.15, 0.2) is 56.9 Å². The van der Waals surface area contributed by atoms with Gasteiger partial charge in [-0.1, -0.05) is 30.0 Å². The van der Waals surface area contributed by atoms with E-state index in [0.717, 1.165) is 20.3 Å². The first-order chi connectivity index (χ1) is 14.8. The molecule has 0 saturated carbocycles. The number of para-hydroxylation sites is 1. The van der Waals surface area contributed by atoms with Gasteiger partial charge in [-0.2, -0.15) is 0 Å². The smallest absolute Gasteiger partial charge is 0.319 e. The molecule has 7 nitrogen and oxygen atoms in total. The monoisotopic (exact) mass is 522 g/mol. The highest BCUT2D eigenvalue weighted by atomic mass is 79.9. The zero-order chi connectivity index (χ0) is 22.3. The van der Waals surface area contributed by atoms with Crippen molar-refractivity contribution in [3.63, 3.8) is 0 Å². The summed E-state index contributed by atoms with van der Waals surface area (Å²) in [6.07, 6.45) is 4.13. The van der Waals surface area contributed by atoms with Gasteiger partial charge in [-0.3, -0.25) is 4.79 Å². The number of thiazole rings is 1. The van der Waals surface area contributed by atoms with Crippen LogP contribution >= 0.6 is 39.0 Å². The lowest BCUT2D eigenvalue weighted by atomic mass is 10.2. The van der Waals surface area contributed by atoms with E-state index in [1.54, 1.807) is 26.2 Å². The van der Waals surface area contributed by atoms with Crippen LogP contribution in [0.4, 0.5) is 5.95 Å². The Morgan fingerprint density at radius 3 is 2.61 bits per heavy atom. The Morgan fingerprint density at radius 2 is 1.94 bits per heavy atom. The fraction of sp³-hybridized carbons (Fsp3) is 0.333. The minimum atomic E-state index is -0.915. The maximum Gasteiger partial charge on any atom is 0.319 e. The summed E-state index contributed by atoms with van der Waals surface area (Å²) in [4.78, 5) is 26.8. The van der Waals surface area contributed by atoms with Crippen LogP contribution in [0, 0.1) is 0 Å². The Hall–Kier alpha value is -2.17. The summed E-state index contributed by atoms with van der Waals surface area (Å²) in [5.41, 5.74) is 0.916. The van der Waals surface area contributed by atoms with E-state index in [4.69, 9.17) is 4.74 Å². The van der Waals surface area contributed by atoms with Crippen molar-refractivity contribution in [3.8, 4) is 5.75 Å². The Bertz CT molecular complexity index is 984. The second kappa shape index (κ2) is 10.9. The number of carbonyl (C=O) groups is 1. The van der Waals surface area contributed by atoms with Gasteiger partial charge in [0.15, 0.2) is 4.34 Å². The van der Waals surface area contributed by atoms with Crippen LogP contribution in [-0.2, 0) is 11.2 Å². The molecule has 1 aromatic carbocycles. The molecule has 2 aromatic heterocycles. The van der Waals surface area contributed by atoms with Crippen molar-refractivity contribution < 1.29 is 14.6 Å². The third-order valence-electron chi connectivity index (χ3n) is 4.29. The van der Waals surface area contributed by atoms with Gasteiger partial charge in [0, 0.05) is 30.7 Å². The van der Waals surface area contributed by atoms with E-state index in [9.17, 15) is 9.90 Å². The van der Waals surface area contributed by atoms with E-state index in [-0.39, 0.29) is 0 Å². The lowest BCUT2D eigenvalue weighted by molar-refractivity contribution is -0.138. The van der Waals surface area contributed by atoms with E-state index < -0.39 is 10.7 Å². The van der Waals surface area contributed by atoms with Gasteiger partial charge in [-0.05, 0) is 41.9 Å². The van der Waals surface area contributed by atoms with Crippen molar-refractivity contribution in [3.05, 3.63) is 58.3 Å². The standard InChI is InChI=1S/C21H23BrN4O3S2/c1-21(2,18(27)28)31-20-25-16(14-30-20)8-9-26(19-23-12-15(22)13-24-19)10-11-29-17-6-4-3-5-7-17/h3-7,12-14H,8-11H2,1-2H3,(H,27,28). The van der Waals surface area contributed by atoms with Crippen LogP contribution in [-0.4, -0.2) is 50.5 Å². The minimum Gasteiger partial charge on any atom is -0.492 e. The first-order valence-corrected chi connectivity index (χ1v) is 12.1. The number of nitrogens with zero attached hydrogens (tertiary/aromatic N) is 4. The molecule has 0 aliphatic carbocycles. The molecule has 164 valence electrons. The topological polar surface area (TPSA) is 88.4 Å². The molecular weight excluding hydrogens is 500 g/mol. The van der Waals surface area contributed by atoms with Crippen LogP contribution < -0.4 is 9.64 Å². The predicted molar refractivity (Wildman–Crippen MR) is 127 cm³/mol. The van der Waals surface area contributed by atoms with Crippen molar-refractivity contribution in [2.24, 2.45) is 0 Å². The lowest BCUT2D eigenvalue weighted by Crippen LogP contribution is -2.32. The van der Waals surface area contributed by atoms with E-state index >= 15 is 0 Å². The normalized spacial score (nSPS) is 11.3. The zero-order valence-electron chi connectivity index (χ0n) is 17.2. The molecule has 1 N–H and O–H groups in total. The Kier molecular flexibility index (Phi) is 8.28. The molecule has 31 heavy (non-hydrogen) atoms. The van der Waals surface area contributed by atoms with E-state index in [1.165, 1.54) is 23.1 Å². The molecule has 0 aliphatic heterocycles. The summed E-state index contributed by atoms with van der Waals surface area (Å²) in [5, 5.41) is 11.3. The van der Waals surface area contributed by atoms with Gasteiger partial charge in [0.25, 0.3) is 0 Å². The van der Waals surface area contributed by atoms with Crippen molar-refractivity contribution in [2.45, 2.75) is 29.4 Å². The molecule has 0 unspecified atom stereocenters. The Morgan fingerprint density at radius 1 is 1.23 bits per heavy atom. The SMILES string of the molecule is CC(C)(Sc1nc(CCN(CCOc2ccccc2)c2ncc(Br)cn2)cs1)C(=O)O. The summed E-state index contributed by atoms with van der Waals surface area (Å²) in [7, 11) is 0. The quantitative estimate of drug-likeness (QED) is 0.360. The molecule has 0 bridgehead atoms. The molecule has 2 heterocycles. The zero-order valence-corrected chi connectivity index (χ0v) is 20.4. The van der Waals surface area contributed by atoms with Crippen LogP contribution in [0.5, 0.6) is 5.75 Å². The minimum absolute atomic E-state index is 0.494. The number of benzene rings is 1. The summed E-state index contributed by atoms with van der Waals surface area (Å²) < 4.78 is 6.49. The third kappa shape index (κ3) is 7.19. The fourth-order valence-corrected chi connectivity index (χ4v) is 4.96. The largest absolute Gasteiger partial charge is 0.492 e. The first-order valence-electron chi connectivity index (χ1n) is 9.60. The number of rotatable bonds is 11. The number of aromatic nitrogens is 3. The number of anilines is 1. The first kappa shape index (κ1) is 23.5. The van der Waals surface area contributed by atoms with E-state index in [1.807, 2.05) is 35.7 Å². The molecule has 0 amide bonds. The highest BCUT2D eigenvalue weighted by molar-refractivity contribution is 9.10. The maximum atomic E-state index is 11.4. The van der Waals surface area contributed by atoms with E-state index in [0.29, 0.717) is 32.1 Å². The average molecular weight is 523 g/mol. The second-order valence-electron chi connectivity index (χ2n) is 7.12. The van der Waals surface area contributed by atoms with Crippen LogP contribution in [0.25, 0.3) is 0 Å². The van der Waals surface area contributed by atoms with Crippen molar-refractivity contribution in [1.82, 2.24) is 15.0 Å². The molecule has 10 heteroatoms. The molecule has 0 spiro atoms.